The fraction of sp³-hybridized carbons (Fsp3) is 0.632. The lowest BCUT2D eigenvalue weighted by Crippen LogP contribution is -2.39. The van der Waals surface area contributed by atoms with E-state index in [1.165, 1.54) is 0 Å². The van der Waals surface area contributed by atoms with Gasteiger partial charge in [-0.05, 0) is 34.8 Å². The number of hydrogen-bond acceptors (Lipinski definition) is 14. The minimum atomic E-state index is 0.0898. The molecule has 54 heavy (non-hydrogen) atoms. The van der Waals surface area contributed by atoms with Crippen LogP contribution in [0.3, 0.4) is 0 Å². The Balaban J connectivity index is 0.978. The van der Waals surface area contributed by atoms with E-state index in [1.54, 1.807) is 9.36 Å². The molecule has 16 heteroatoms. The van der Waals surface area contributed by atoms with Gasteiger partial charge in [-0.2, -0.15) is 0 Å². The van der Waals surface area contributed by atoms with Crippen molar-refractivity contribution >= 4 is 24.1 Å². The van der Waals surface area contributed by atoms with Crippen LogP contribution < -0.4 is 0 Å². The number of ether oxygens (including phenoxy) is 4. The molecule has 0 saturated carbocycles. The highest BCUT2D eigenvalue weighted by atomic mass is 16.5. The van der Waals surface area contributed by atoms with Gasteiger partial charge in [-0.1, -0.05) is 90.1 Å². The fourth-order valence-electron chi connectivity index (χ4n) is 6.33. The van der Waals surface area contributed by atoms with Crippen molar-refractivity contribution in [2.45, 2.75) is 106 Å². The summed E-state index contributed by atoms with van der Waals surface area (Å²) in [7, 11) is 0. The van der Waals surface area contributed by atoms with Crippen LogP contribution in [-0.2, 0) is 45.1 Å². The molecular formula is C38H54N12O4. The second-order valence-electron chi connectivity index (χ2n) is 15.9. The van der Waals surface area contributed by atoms with Crippen LogP contribution >= 0.6 is 0 Å². The third-order valence-electron chi connectivity index (χ3n) is 10.2. The minimum Gasteiger partial charge on any atom is -0.462 e. The van der Waals surface area contributed by atoms with E-state index < -0.39 is 0 Å². The molecule has 3 aromatic rings. The zero-order chi connectivity index (χ0) is 37.9. The number of nitrogens with zero attached hydrogens (tertiary/aromatic N) is 12. The first kappa shape index (κ1) is 37.3. The zero-order valence-electron chi connectivity index (χ0n) is 32.7. The molecule has 1 aromatic carbocycles. The number of rotatable bonds is 12. The quantitative estimate of drug-likeness (QED) is 0.264. The van der Waals surface area contributed by atoms with E-state index in [1.807, 2.05) is 22.2 Å². The van der Waals surface area contributed by atoms with Gasteiger partial charge in [0, 0.05) is 12.8 Å². The summed E-state index contributed by atoms with van der Waals surface area (Å²) in [6.07, 6.45) is 5.17. The van der Waals surface area contributed by atoms with Gasteiger partial charge in [0.2, 0.25) is 0 Å². The van der Waals surface area contributed by atoms with E-state index in [2.05, 4.69) is 100 Å². The largest absolute Gasteiger partial charge is 0.462 e. The highest BCUT2D eigenvalue weighted by Gasteiger charge is 2.35. The van der Waals surface area contributed by atoms with Gasteiger partial charge in [-0.3, -0.25) is 0 Å². The van der Waals surface area contributed by atoms with Gasteiger partial charge in [-0.15, -0.1) is 10.2 Å². The summed E-state index contributed by atoms with van der Waals surface area (Å²) in [5, 5.41) is 17.8. The van der Waals surface area contributed by atoms with E-state index in [0.717, 1.165) is 22.5 Å². The third-order valence-corrected chi connectivity index (χ3v) is 10.2. The molecule has 0 aliphatic carbocycles. The lowest BCUT2D eigenvalue weighted by molar-refractivity contribution is 0.215. The molecule has 2 aromatic heterocycles. The molecule has 0 amide bonds. The predicted molar refractivity (Wildman–Crippen MR) is 204 cm³/mol. The van der Waals surface area contributed by atoms with Gasteiger partial charge < -0.3 is 18.9 Å². The Morgan fingerprint density at radius 2 is 0.815 bits per heavy atom. The highest BCUT2D eigenvalue weighted by molar-refractivity contribution is 5.95. The zero-order valence-corrected chi connectivity index (χ0v) is 32.7. The Kier molecular flexibility index (Phi) is 11.2. The van der Waals surface area contributed by atoms with Crippen molar-refractivity contribution in [3.63, 3.8) is 0 Å². The maximum atomic E-state index is 6.03. The SMILES string of the molecule is CC(C)[C@H]1COC(N(Cn2cc(Cc3ccc(Cc4cn(CN(C5=N[C@@H](C(C)C)CO5)C5=N[C@@H](C(C)C)CO5)nn4)cc3)nn2)C2=N[C@@H](C(C)C)CO2)=N1. The molecule has 0 N–H and O–H groups in total. The minimum absolute atomic E-state index is 0.0898. The Morgan fingerprint density at radius 3 is 1.07 bits per heavy atom. The number of aromatic nitrogens is 6. The Bertz CT molecular complexity index is 1660. The fourth-order valence-corrected chi connectivity index (χ4v) is 6.33. The highest BCUT2D eigenvalue weighted by Crippen LogP contribution is 2.23. The number of aliphatic imine (C=N–C) groups is 4. The molecule has 290 valence electrons. The molecule has 0 radical (unpaired) electrons. The maximum Gasteiger partial charge on any atom is 0.297 e. The van der Waals surface area contributed by atoms with Crippen molar-refractivity contribution in [3.8, 4) is 0 Å². The van der Waals surface area contributed by atoms with Crippen LogP contribution in [0, 0.1) is 23.7 Å². The summed E-state index contributed by atoms with van der Waals surface area (Å²) >= 11 is 0. The topological polar surface area (TPSA) is 154 Å². The maximum absolute atomic E-state index is 6.03. The molecule has 16 nitrogen and oxygen atoms in total. The van der Waals surface area contributed by atoms with E-state index in [-0.39, 0.29) is 24.2 Å². The summed E-state index contributed by atoms with van der Waals surface area (Å²) in [5.41, 5.74) is 3.96. The van der Waals surface area contributed by atoms with Crippen molar-refractivity contribution in [1.29, 1.82) is 0 Å². The number of hydrogen-bond donors (Lipinski definition) is 0. The van der Waals surface area contributed by atoms with E-state index in [4.69, 9.17) is 38.9 Å². The summed E-state index contributed by atoms with van der Waals surface area (Å²) in [4.78, 5) is 23.1. The van der Waals surface area contributed by atoms with Gasteiger partial charge in [0.05, 0.1) is 47.9 Å². The normalized spacial score (nSPS) is 22.3. The van der Waals surface area contributed by atoms with Crippen LogP contribution in [0.2, 0.25) is 0 Å². The van der Waals surface area contributed by atoms with Crippen LogP contribution in [-0.4, -0.2) is 114 Å². The lowest BCUT2D eigenvalue weighted by atomic mass is 10.1. The standard InChI is InChI=1S/C38H54N12O4/c1-23(2)31-17-51-35(39-31)49(36-40-32(18-52-36)24(3)4)21-47-15-29(43-45-47)13-27-9-11-28(12-10-27)14-30-16-48(46-44-30)22-50(37-41-33(19-53-37)25(5)6)38-42-34(20-54-38)26(7)8/h9-12,15-16,23-26,31-34H,13-14,17-22H2,1-8H3/t31-,32-,33-,34-/m1/s1. The van der Waals surface area contributed by atoms with Crippen molar-refractivity contribution < 1.29 is 18.9 Å². The number of amidine groups is 4. The van der Waals surface area contributed by atoms with Crippen molar-refractivity contribution in [2.24, 2.45) is 43.6 Å². The molecule has 4 atom stereocenters. The first-order chi connectivity index (χ1) is 26.0. The summed E-state index contributed by atoms with van der Waals surface area (Å²) < 4.78 is 27.7. The third kappa shape index (κ3) is 8.68. The van der Waals surface area contributed by atoms with Gasteiger partial charge in [0.15, 0.2) is 0 Å². The molecule has 0 spiro atoms. The monoisotopic (exact) mass is 742 g/mol. The van der Waals surface area contributed by atoms with Crippen LogP contribution in [0.1, 0.15) is 77.9 Å². The molecule has 4 aliphatic heterocycles. The van der Waals surface area contributed by atoms with Gasteiger partial charge >= 0.3 is 0 Å². The van der Waals surface area contributed by atoms with Crippen LogP contribution in [0.5, 0.6) is 0 Å². The molecule has 0 bridgehead atoms. The van der Waals surface area contributed by atoms with Crippen LogP contribution in [0.25, 0.3) is 0 Å². The lowest BCUT2D eigenvalue weighted by Gasteiger charge is -2.21. The van der Waals surface area contributed by atoms with Crippen molar-refractivity contribution in [3.05, 3.63) is 59.2 Å². The van der Waals surface area contributed by atoms with E-state index >= 15 is 0 Å². The molecular weight excluding hydrogens is 688 g/mol. The smallest absolute Gasteiger partial charge is 0.297 e. The Morgan fingerprint density at radius 1 is 0.519 bits per heavy atom. The molecule has 0 unspecified atom stereocenters. The molecule has 0 saturated heterocycles. The predicted octanol–water partition coefficient (Wildman–Crippen LogP) is 4.21. The van der Waals surface area contributed by atoms with E-state index in [0.29, 0.717) is 100 Å². The van der Waals surface area contributed by atoms with Gasteiger partial charge in [0.25, 0.3) is 24.1 Å². The molecule has 7 rings (SSSR count). The first-order valence-corrected chi connectivity index (χ1v) is 19.2. The Labute approximate surface area is 317 Å². The van der Waals surface area contributed by atoms with Crippen LogP contribution in [0.4, 0.5) is 0 Å². The average Bonchev–Trinajstić information content (AvgIpc) is 3.99. The van der Waals surface area contributed by atoms with Gasteiger partial charge in [-0.25, -0.2) is 39.1 Å². The molecule has 6 heterocycles. The molecule has 0 fully saturated rings. The summed E-state index contributed by atoms with van der Waals surface area (Å²) in [6, 6.07) is 10.9. The van der Waals surface area contributed by atoms with Crippen molar-refractivity contribution in [2.75, 3.05) is 26.4 Å². The second kappa shape index (κ2) is 16.1. The first-order valence-electron chi connectivity index (χ1n) is 19.2. The number of benzene rings is 1. The summed E-state index contributed by atoms with van der Waals surface area (Å²) in [6.45, 7) is 20.0. The second-order valence-corrected chi connectivity index (χ2v) is 15.9. The summed E-state index contributed by atoms with van der Waals surface area (Å²) in [5.74, 6) is 1.46. The van der Waals surface area contributed by atoms with Crippen LogP contribution in [0.15, 0.2) is 56.6 Å². The van der Waals surface area contributed by atoms with Gasteiger partial charge in [0.1, 0.15) is 39.8 Å². The average molecular weight is 743 g/mol. The van der Waals surface area contributed by atoms with Crippen molar-refractivity contribution in [1.82, 2.24) is 39.8 Å². The van der Waals surface area contributed by atoms with E-state index in [9.17, 15) is 0 Å². The molecule has 4 aliphatic rings. The Hall–Kier alpha value is -5.02.